The summed E-state index contributed by atoms with van der Waals surface area (Å²) in [7, 11) is 1.45. The van der Waals surface area contributed by atoms with Crippen LogP contribution in [0, 0.1) is 0 Å². The summed E-state index contributed by atoms with van der Waals surface area (Å²) in [5, 5.41) is 12.0. The predicted molar refractivity (Wildman–Crippen MR) is 52.4 cm³/mol. The third kappa shape index (κ3) is 3.71. The molecule has 0 spiro atoms. The highest BCUT2D eigenvalue weighted by molar-refractivity contribution is 5.41. The second-order valence-electron chi connectivity index (χ2n) is 3.03. The molecule has 1 aromatic carbocycles. The number of nitrogens with one attached hydrogen (secondary N) is 1. The zero-order chi connectivity index (χ0) is 11.3. The lowest BCUT2D eigenvalue weighted by atomic mass is 10.2. The van der Waals surface area contributed by atoms with Crippen molar-refractivity contribution in [1.29, 1.82) is 0 Å². The lowest BCUT2D eigenvalue weighted by Gasteiger charge is -2.07. The average Bonchev–Trinajstić information content (AvgIpc) is 2.17. The van der Waals surface area contributed by atoms with Crippen LogP contribution in [-0.4, -0.2) is 25.2 Å². The Morgan fingerprint density at radius 2 is 2.20 bits per heavy atom. The number of benzene rings is 1. The molecule has 0 amide bonds. The molecule has 1 aromatic rings. The Balaban J connectivity index is 2.52. The molecule has 0 saturated carbocycles. The number of rotatable bonds is 5. The Morgan fingerprint density at radius 1 is 1.47 bits per heavy atom. The summed E-state index contributed by atoms with van der Waals surface area (Å²) in [5.41, 5.74) is 0.731. The molecule has 0 fully saturated rings. The molecule has 5 heteroatoms. The van der Waals surface area contributed by atoms with E-state index < -0.39 is 6.43 Å². The molecule has 0 radical (unpaired) electrons. The molecule has 15 heavy (non-hydrogen) atoms. The Bertz CT molecular complexity index is 318. The van der Waals surface area contributed by atoms with Crippen molar-refractivity contribution in [2.24, 2.45) is 0 Å². The molecule has 0 aliphatic heterocycles. The number of hydrogen-bond donors (Lipinski definition) is 2. The molecule has 3 nitrogen and oxygen atoms in total. The van der Waals surface area contributed by atoms with Crippen LogP contribution in [-0.2, 0) is 6.54 Å². The van der Waals surface area contributed by atoms with Crippen molar-refractivity contribution in [3.05, 3.63) is 23.8 Å². The van der Waals surface area contributed by atoms with Crippen LogP contribution in [0.25, 0.3) is 0 Å². The van der Waals surface area contributed by atoms with E-state index in [-0.39, 0.29) is 12.3 Å². The summed E-state index contributed by atoms with van der Waals surface area (Å²) < 4.78 is 28.5. The van der Waals surface area contributed by atoms with E-state index in [4.69, 9.17) is 4.74 Å². The van der Waals surface area contributed by atoms with Crippen molar-refractivity contribution in [3.63, 3.8) is 0 Å². The van der Waals surface area contributed by atoms with Crippen LogP contribution in [0.3, 0.4) is 0 Å². The first kappa shape index (κ1) is 11.7. The molecular weight excluding hydrogens is 204 g/mol. The Hall–Kier alpha value is -1.36. The number of alkyl halides is 2. The van der Waals surface area contributed by atoms with E-state index in [0.29, 0.717) is 12.3 Å². The summed E-state index contributed by atoms with van der Waals surface area (Å²) in [6, 6.07) is 4.78. The molecule has 0 aliphatic rings. The lowest BCUT2D eigenvalue weighted by molar-refractivity contribution is 0.145. The van der Waals surface area contributed by atoms with E-state index in [1.54, 1.807) is 12.1 Å². The van der Waals surface area contributed by atoms with Crippen molar-refractivity contribution < 1.29 is 18.6 Å². The van der Waals surface area contributed by atoms with Gasteiger partial charge in [0.1, 0.15) is 0 Å². The molecule has 0 saturated heterocycles. The number of halogens is 2. The number of hydrogen-bond acceptors (Lipinski definition) is 3. The molecule has 0 aliphatic carbocycles. The van der Waals surface area contributed by atoms with E-state index in [0.717, 1.165) is 5.56 Å². The minimum atomic E-state index is -2.36. The van der Waals surface area contributed by atoms with E-state index >= 15 is 0 Å². The zero-order valence-corrected chi connectivity index (χ0v) is 8.34. The third-order valence-electron chi connectivity index (χ3n) is 1.87. The topological polar surface area (TPSA) is 41.5 Å². The SMILES string of the molecule is COc1ccc(CNCC(F)F)cc1O. The maximum atomic E-state index is 11.8. The van der Waals surface area contributed by atoms with Gasteiger partial charge in [0.25, 0.3) is 6.43 Å². The van der Waals surface area contributed by atoms with Gasteiger partial charge in [-0.3, -0.25) is 0 Å². The van der Waals surface area contributed by atoms with Crippen molar-refractivity contribution in [2.45, 2.75) is 13.0 Å². The van der Waals surface area contributed by atoms with E-state index in [1.165, 1.54) is 13.2 Å². The van der Waals surface area contributed by atoms with Gasteiger partial charge in [-0.25, -0.2) is 8.78 Å². The first-order valence-electron chi connectivity index (χ1n) is 4.48. The molecule has 0 aromatic heterocycles. The van der Waals surface area contributed by atoms with Gasteiger partial charge in [0, 0.05) is 6.54 Å². The Kier molecular flexibility index (Phi) is 4.30. The fourth-order valence-electron chi connectivity index (χ4n) is 1.17. The quantitative estimate of drug-likeness (QED) is 0.789. The minimum absolute atomic E-state index is 0.00819. The van der Waals surface area contributed by atoms with Gasteiger partial charge in [-0.15, -0.1) is 0 Å². The molecule has 0 bridgehead atoms. The van der Waals surface area contributed by atoms with E-state index in [1.807, 2.05) is 0 Å². The number of phenols is 1. The predicted octanol–water partition coefficient (Wildman–Crippen LogP) is 1.76. The largest absolute Gasteiger partial charge is 0.504 e. The smallest absolute Gasteiger partial charge is 0.250 e. The first-order chi connectivity index (χ1) is 7.13. The van der Waals surface area contributed by atoms with E-state index in [9.17, 15) is 13.9 Å². The molecule has 84 valence electrons. The van der Waals surface area contributed by atoms with Gasteiger partial charge in [-0.1, -0.05) is 6.07 Å². The highest BCUT2D eigenvalue weighted by atomic mass is 19.3. The Morgan fingerprint density at radius 3 is 2.73 bits per heavy atom. The highest BCUT2D eigenvalue weighted by Gasteiger charge is 2.04. The second kappa shape index (κ2) is 5.50. The average molecular weight is 217 g/mol. The summed E-state index contributed by atoms with van der Waals surface area (Å²) in [6.45, 7) is -0.0608. The standard InChI is InChI=1S/C10H13F2NO2/c1-15-9-3-2-7(4-8(9)14)5-13-6-10(11)12/h2-4,10,13-14H,5-6H2,1H3. The molecule has 2 N–H and O–H groups in total. The van der Waals surface area contributed by atoms with Gasteiger partial charge in [-0.2, -0.15) is 0 Å². The van der Waals surface area contributed by atoms with Gasteiger partial charge in [0.2, 0.25) is 0 Å². The minimum Gasteiger partial charge on any atom is -0.504 e. The Labute approximate surface area is 86.7 Å². The summed E-state index contributed by atoms with van der Waals surface area (Å²) in [6.07, 6.45) is -2.36. The number of ether oxygens (including phenoxy) is 1. The van der Waals surface area contributed by atoms with Crippen molar-refractivity contribution in [1.82, 2.24) is 5.32 Å². The van der Waals surface area contributed by atoms with Gasteiger partial charge >= 0.3 is 0 Å². The first-order valence-corrected chi connectivity index (χ1v) is 4.48. The van der Waals surface area contributed by atoms with Crippen LogP contribution in [0.2, 0.25) is 0 Å². The number of phenolic OH excluding ortho intramolecular Hbond substituents is 1. The van der Waals surface area contributed by atoms with Crippen LogP contribution >= 0.6 is 0 Å². The molecule has 1 rings (SSSR count). The normalized spacial score (nSPS) is 10.7. The lowest BCUT2D eigenvalue weighted by Crippen LogP contribution is -2.20. The monoisotopic (exact) mass is 217 g/mol. The zero-order valence-electron chi connectivity index (χ0n) is 8.34. The van der Waals surface area contributed by atoms with Crippen LogP contribution in [0.4, 0.5) is 8.78 Å². The fraction of sp³-hybridized carbons (Fsp3) is 0.400. The van der Waals surface area contributed by atoms with Crippen LogP contribution in [0.15, 0.2) is 18.2 Å². The van der Waals surface area contributed by atoms with Crippen LogP contribution in [0.5, 0.6) is 11.5 Å². The summed E-state index contributed by atoms with van der Waals surface area (Å²) in [4.78, 5) is 0. The second-order valence-corrected chi connectivity index (χ2v) is 3.03. The van der Waals surface area contributed by atoms with Crippen LogP contribution in [0.1, 0.15) is 5.56 Å². The van der Waals surface area contributed by atoms with Gasteiger partial charge < -0.3 is 15.2 Å². The maximum Gasteiger partial charge on any atom is 0.250 e. The fourth-order valence-corrected chi connectivity index (χ4v) is 1.17. The highest BCUT2D eigenvalue weighted by Crippen LogP contribution is 2.25. The van der Waals surface area contributed by atoms with Gasteiger partial charge in [0.05, 0.1) is 13.7 Å². The van der Waals surface area contributed by atoms with Crippen LogP contribution < -0.4 is 10.1 Å². The molecule has 0 heterocycles. The van der Waals surface area contributed by atoms with Crippen molar-refractivity contribution in [3.8, 4) is 11.5 Å². The summed E-state index contributed by atoms with van der Waals surface area (Å²) in [5.74, 6) is 0.376. The summed E-state index contributed by atoms with van der Waals surface area (Å²) >= 11 is 0. The number of aromatic hydroxyl groups is 1. The molecule has 0 atom stereocenters. The van der Waals surface area contributed by atoms with E-state index in [2.05, 4.69) is 5.32 Å². The van der Waals surface area contributed by atoms with Gasteiger partial charge in [-0.05, 0) is 17.7 Å². The number of methoxy groups -OCH3 is 1. The van der Waals surface area contributed by atoms with Crippen molar-refractivity contribution in [2.75, 3.05) is 13.7 Å². The molecule has 0 unspecified atom stereocenters. The van der Waals surface area contributed by atoms with Gasteiger partial charge in [0.15, 0.2) is 11.5 Å². The third-order valence-corrected chi connectivity index (χ3v) is 1.87. The maximum absolute atomic E-state index is 11.8. The van der Waals surface area contributed by atoms with Crippen molar-refractivity contribution >= 4 is 0 Å². The molecular formula is C10H13F2NO2.